The average molecular weight is 616 g/mol. The van der Waals surface area contributed by atoms with E-state index in [1.165, 1.54) is 29.2 Å². The Morgan fingerprint density at radius 1 is 1.15 bits per heavy atom. The first kappa shape index (κ1) is 32.2. The molecular formula is C27H35F2N3O5S3. The maximum Gasteiger partial charge on any atom is 0.407 e. The summed E-state index contributed by atoms with van der Waals surface area (Å²) in [5.41, 5.74) is 0.0204. The Kier molecular flexibility index (Phi) is 10.6. The van der Waals surface area contributed by atoms with Crippen LogP contribution in [0.3, 0.4) is 0 Å². The van der Waals surface area contributed by atoms with Crippen LogP contribution in [0.2, 0.25) is 0 Å². The van der Waals surface area contributed by atoms with Crippen LogP contribution in [0.4, 0.5) is 13.6 Å². The monoisotopic (exact) mass is 615 g/mol. The lowest BCUT2D eigenvalue weighted by Crippen LogP contribution is -2.52. The van der Waals surface area contributed by atoms with Crippen LogP contribution in [0.25, 0.3) is 10.2 Å². The molecule has 1 heterocycles. The molecule has 3 aromatic rings. The van der Waals surface area contributed by atoms with E-state index in [0.29, 0.717) is 10.2 Å². The highest BCUT2D eigenvalue weighted by atomic mass is 32.2. The number of nitrogens with zero attached hydrogens (tertiary/aromatic N) is 2. The number of hydrogen-bond donors (Lipinski definition) is 2. The summed E-state index contributed by atoms with van der Waals surface area (Å²) in [6, 6.07) is 6.48. The Morgan fingerprint density at radius 3 is 2.38 bits per heavy atom. The Balaban J connectivity index is 1.93. The van der Waals surface area contributed by atoms with Crippen molar-refractivity contribution in [2.24, 2.45) is 5.92 Å². The molecule has 0 saturated carbocycles. The number of amides is 1. The van der Waals surface area contributed by atoms with Crippen LogP contribution >= 0.6 is 23.1 Å². The molecular weight excluding hydrogens is 581 g/mol. The number of thioether (sulfide) groups is 1. The second-order valence-electron chi connectivity index (χ2n) is 10.8. The Hall–Kier alpha value is -2.32. The minimum Gasteiger partial charge on any atom is -0.444 e. The van der Waals surface area contributed by atoms with E-state index in [2.05, 4.69) is 10.3 Å². The van der Waals surface area contributed by atoms with Crippen LogP contribution in [0.5, 0.6) is 0 Å². The fourth-order valence-electron chi connectivity index (χ4n) is 4.02. The minimum atomic E-state index is -4.08. The summed E-state index contributed by atoms with van der Waals surface area (Å²) in [5, 5.41) is 13.8. The fourth-order valence-corrected chi connectivity index (χ4v) is 7.27. The van der Waals surface area contributed by atoms with Gasteiger partial charge in [-0.3, -0.25) is 0 Å². The fraction of sp³-hybridized carbons (Fsp3) is 0.481. The molecule has 0 aliphatic carbocycles. The molecule has 0 aliphatic heterocycles. The zero-order valence-corrected chi connectivity index (χ0v) is 25.7. The molecule has 0 spiro atoms. The lowest BCUT2D eigenvalue weighted by atomic mass is 10.0. The van der Waals surface area contributed by atoms with Crippen molar-refractivity contribution in [3.8, 4) is 0 Å². The molecule has 0 aliphatic rings. The number of fused-ring (bicyclic) bond motifs is 1. The first-order valence-electron chi connectivity index (χ1n) is 12.6. The first-order chi connectivity index (χ1) is 18.6. The van der Waals surface area contributed by atoms with Crippen molar-refractivity contribution in [1.82, 2.24) is 14.6 Å². The van der Waals surface area contributed by atoms with Crippen molar-refractivity contribution in [3.63, 3.8) is 0 Å². The molecule has 8 nitrogen and oxygen atoms in total. The minimum absolute atomic E-state index is 0.0491. The molecule has 0 radical (unpaired) electrons. The molecule has 1 aromatic heterocycles. The van der Waals surface area contributed by atoms with E-state index >= 15 is 0 Å². The highest BCUT2D eigenvalue weighted by molar-refractivity contribution is 8.00. The van der Waals surface area contributed by atoms with E-state index in [9.17, 15) is 27.1 Å². The summed E-state index contributed by atoms with van der Waals surface area (Å²) in [6.45, 7) is 8.40. The summed E-state index contributed by atoms with van der Waals surface area (Å²) in [4.78, 5) is 17.1. The largest absolute Gasteiger partial charge is 0.444 e. The van der Waals surface area contributed by atoms with Gasteiger partial charge in [-0.2, -0.15) is 4.31 Å². The van der Waals surface area contributed by atoms with E-state index in [4.69, 9.17) is 4.74 Å². The number of benzene rings is 2. The molecule has 0 saturated heterocycles. The van der Waals surface area contributed by atoms with Gasteiger partial charge in [0.15, 0.2) is 4.34 Å². The number of halogens is 2. The number of carbonyl (C=O) groups is 1. The second-order valence-corrected chi connectivity index (χ2v) is 14.9. The predicted octanol–water partition coefficient (Wildman–Crippen LogP) is 5.44. The van der Waals surface area contributed by atoms with Crippen LogP contribution < -0.4 is 5.32 Å². The van der Waals surface area contributed by atoms with Gasteiger partial charge in [0.1, 0.15) is 17.2 Å². The van der Waals surface area contributed by atoms with E-state index in [-0.39, 0.29) is 35.9 Å². The highest BCUT2D eigenvalue weighted by Crippen LogP contribution is 2.31. The average Bonchev–Trinajstić information content (AvgIpc) is 3.23. The normalized spacial score (nSPS) is 14.1. The quantitative estimate of drug-likeness (QED) is 0.277. The van der Waals surface area contributed by atoms with Gasteiger partial charge in [-0.1, -0.05) is 25.6 Å². The van der Waals surface area contributed by atoms with Crippen LogP contribution in [0.15, 0.2) is 45.6 Å². The zero-order chi connectivity index (χ0) is 29.8. The number of aliphatic hydroxyl groups is 1. The third kappa shape index (κ3) is 8.84. The van der Waals surface area contributed by atoms with Crippen molar-refractivity contribution < 1.29 is 31.8 Å². The van der Waals surface area contributed by atoms with Gasteiger partial charge in [0.25, 0.3) is 0 Å². The standard InChI is InChI=1S/C27H35F2N3O5S3/c1-16(2)14-32(40(35,36)20-7-8-21-24(13-20)39-26(31-21)38-6)15-23(33)22(30-25(34)37-27(3,4)5)11-17-9-18(28)12-19(29)10-17/h7-10,12-13,16,22-23,33H,11,14-15H2,1-6H3,(H,30,34)/t22?,23-/m1/s1. The number of aliphatic hydroxyl groups excluding tert-OH is 1. The van der Waals surface area contributed by atoms with Gasteiger partial charge >= 0.3 is 6.09 Å². The Bertz CT molecular complexity index is 1420. The van der Waals surface area contributed by atoms with Gasteiger partial charge in [-0.05, 0) is 75.3 Å². The van der Waals surface area contributed by atoms with E-state index in [0.717, 1.165) is 26.8 Å². The number of alkyl carbamates (subject to hydrolysis) is 1. The van der Waals surface area contributed by atoms with Crippen LogP contribution in [-0.2, 0) is 21.2 Å². The molecule has 0 fully saturated rings. The number of carbonyl (C=O) groups excluding carboxylic acids is 1. The molecule has 2 N–H and O–H groups in total. The first-order valence-corrected chi connectivity index (χ1v) is 16.1. The second kappa shape index (κ2) is 13.1. The molecule has 3 rings (SSSR count). The smallest absolute Gasteiger partial charge is 0.407 e. The molecule has 2 atom stereocenters. The van der Waals surface area contributed by atoms with Gasteiger partial charge in [-0.25, -0.2) is 27.0 Å². The van der Waals surface area contributed by atoms with E-state index in [1.54, 1.807) is 32.9 Å². The van der Waals surface area contributed by atoms with Crippen molar-refractivity contribution in [1.29, 1.82) is 0 Å². The lowest BCUT2D eigenvalue weighted by Gasteiger charge is -2.31. The number of thiazole rings is 1. The SMILES string of the molecule is CSc1nc2ccc(S(=O)(=O)N(CC(C)C)C[C@@H](O)C(Cc3cc(F)cc(F)c3)NC(=O)OC(C)(C)C)cc2s1. The van der Waals surface area contributed by atoms with Gasteiger partial charge in [0, 0.05) is 19.2 Å². The Labute approximate surface area is 242 Å². The third-order valence-electron chi connectivity index (χ3n) is 5.66. The summed E-state index contributed by atoms with van der Waals surface area (Å²) in [7, 11) is -4.08. The van der Waals surface area contributed by atoms with Crippen molar-refractivity contribution in [3.05, 3.63) is 53.6 Å². The highest BCUT2D eigenvalue weighted by Gasteiger charge is 2.32. The number of sulfonamides is 1. The Morgan fingerprint density at radius 2 is 1.80 bits per heavy atom. The van der Waals surface area contributed by atoms with Gasteiger partial charge < -0.3 is 15.2 Å². The molecule has 13 heteroatoms. The lowest BCUT2D eigenvalue weighted by molar-refractivity contribution is 0.0400. The van der Waals surface area contributed by atoms with Crippen molar-refractivity contribution >= 4 is 49.4 Å². The predicted molar refractivity (Wildman–Crippen MR) is 154 cm³/mol. The molecule has 220 valence electrons. The third-order valence-corrected chi connectivity index (χ3v) is 9.49. The molecule has 0 bridgehead atoms. The topological polar surface area (TPSA) is 109 Å². The number of hydrogen-bond acceptors (Lipinski definition) is 8. The maximum absolute atomic E-state index is 13.9. The van der Waals surface area contributed by atoms with Gasteiger partial charge in [0.05, 0.1) is 27.3 Å². The van der Waals surface area contributed by atoms with Gasteiger partial charge in [-0.15, -0.1) is 11.3 Å². The number of nitrogens with one attached hydrogen (secondary N) is 1. The molecule has 1 unspecified atom stereocenters. The number of rotatable bonds is 11. The van der Waals surface area contributed by atoms with Crippen molar-refractivity contribution in [2.75, 3.05) is 19.3 Å². The maximum atomic E-state index is 13.9. The molecule has 1 amide bonds. The van der Waals surface area contributed by atoms with E-state index < -0.39 is 45.5 Å². The number of aromatic nitrogens is 1. The van der Waals surface area contributed by atoms with Gasteiger partial charge in [0.2, 0.25) is 10.0 Å². The summed E-state index contributed by atoms with van der Waals surface area (Å²) < 4.78 is 63.4. The summed E-state index contributed by atoms with van der Waals surface area (Å²) in [5.74, 6) is -1.72. The molecule has 2 aromatic carbocycles. The van der Waals surface area contributed by atoms with Crippen LogP contribution in [0.1, 0.15) is 40.2 Å². The van der Waals surface area contributed by atoms with Crippen LogP contribution in [-0.4, -0.2) is 66.0 Å². The summed E-state index contributed by atoms with van der Waals surface area (Å²) in [6.07, 6.45) is -0.578. The van der Waals surface area contributed by atoms with Crippen molar-refractivity contribution in [2.45, 2.75) is 68.0 Å². The van der Waals surface area contributed by atoms with Crippen LogP contribution in [0, 0.1) is 17.6 Å². The summed E-state index contributed by atoms with van der Waals surface area (Å²) >= 11 is 2.85. The number of ether oxygens (including phenoxy) is 1. The van der Waals surface area contributed by atoms with E-state index in [1.807, 2.05) is 20.1 Å². The molecule has 40 heavy (non-hydrogen) atoms. The zero-order valence-electron chi connectivity index (χ0n) is 23.3.